The fraction of sp³-hybridized carbons (Fsp3) is 0.263. The van der Waals surface area contributed by atoms with Crippen LogP contribution in [0.4, 0.5) is 5.95 Å². The van der Waals surface area contributed by atoms with Crippen LogP contribution in [0.1, 0.15) is 31.7 Å². The van der Waals surface area contributed by atoms with Crippen molar-refractivity contribution >= 4 is 34.8 Å². The Morgan fingerprint density at radius 3 is 2.88 bits per heavy atom. The topological polar surface area (TPSA) is 50.4 Å². The Morgan fingerprint density at radius 1 is 1.21 bits per heavy atom. The zero-order valence-electron chi connectivity index (χ0n) is 13.6. The minimum Gasteiger partial charge on any atom is -0.507 e. The summed E-state index contributed by atoms with van der Waals surface area (Å²) in [6.45, 7) is 3.07. The molecular weight excluding hydrogens is 322 g/mol. The Bertz CT molecular complexity index is 870. The Hall–Kier alpha value is -2.33. The van der Waals surface area contributed by atoms with E-state index in [2.05, 4.69) is 27.5 Å². The molecule has 0 saturated carbocycles. The first-order valence-corrected chi connectivity index (χ1v) is 8.54. The summed E-state index contributed by atoms with van der Waals surface area (Å²) in [4.78, 5) is 9.11. The predicted molar refractivity (Wildman–Crippen MR) is 99.6 cm³/mol. The maximum atomic E-state index is 9.92. The number of phenols is 1. The highest BCUT2D eigenvalue weighted by Crippen LogP contribution is 2.24. The van der Waals surface area contributed by atoms with Crippen molar-refractivity contribution in [3.63, 3.8) is 0 Å². The molecule has 0 bridgehead atoms. The highest BCUT2D eigenvalue weighted by atomic mass is 35.5. The number of unbranched alkanes of at least 4 members (excludes halogenated alkanes) is 2. The maximum absolute atomic E-state index is 9.92. The summed E-state index contributed by atoms with van der Waals surface area (Å²) < 4.78 is 2.13. The van der Waals surface area contributed by atoms with Crippen molar-refractivity contribution in [2.24, 2.45) is 4.99 Å². The van der Waals surface area contributed by atoms with Gasteiger partial charge in [0.05, 0.1) is 11.0 Å². The first kappa shape index (κ1) is 16.5. The number of hydrogen-bond acceptors (Lipinski definition) is 3. The molecule has 0 aliphatic rings. The van der Waals surface area contributed by atoms with Gasteiger partial charge in [0.25, 0.3) is 0 Å². The van der Waals surface area contributed by atoms with Gasteiger partial charge in [-0.2, -0.15) is 0 Å². The number of halogens is 1. The van der Waals surface area contributed by atoms with Crippen LogP contribution in [0.15, 0.2) is 47.5 Å². The van der Waals surface area contributed by atoms with Crippen LogP contribution in [0.25, 0.3) is 11.0 Å². The van der Waals surface area contributed by atoms with Gasteiger partial charge in [-0.15, -0.1) is 0 Å². The van der Waals surface area contributed by atoms with Crippen LogP contribution < -0.4 is 0 Å². The molecule has 0 spiro atoms. The fourth-order valence-electron chi connectivity index (χ4n) is 2.66. The highest BCUT2D eigenvalue weighted by Gasteiger charge is 2.09. The van der Waals surface area contributed by atoms with Gasteiger partial charge in [-0.25, -0.2) is 9.98 Å². The minimum atomic E-state index is 0.150. The lowest BCUT2D eigenvalue weighted by molar-refractivity contribution is 0.474. The van der Waals surface area contributed by atoms with Gasteiger partial charge in [0.1, 0.15) is 5.75 Å². The number of rotatable bonds is 6. The molecule has 0 fully saturated rings. The standard InChI is InChI=1S/C19H20ClN3O/c1-2-3-6-11-23-17-8-5-4-7-16(17)22-19(23)21-13-14-12-15(20)9-10-18(14)24/h4-5,7-10,12-13,24H,2-3,6,11H2,1H3/b21-13+. The van der Waals surface area contributed by atoms with Gasteiger partial charge in [0, 0.05) is 23.3 Å². The van der Waals surface area contributed by atoms with E-state index in [1.807, 2.05) is 18.2 Å². The zero-order chi connectivity index (χ0) is 16.9. The number of hydrogen-bond donors (Lipinski definition) is 1. The molecule has 0 aliphatic heterocycles. The summed E-state index contributed by atoms with van der Waals surface area (Å²) >= 11 is 5.98. The number of aromatic hydroxyl groups is 1. The molecule has 0 amide bonds. The van der Waals surface area contributed by atoms with E-state index in [0.717, 1.165) is 24.0 Å². The molecule has 4 nitrogen and oxygen atoms in total. The van der Waals surface area contributed by atoms with Gasteiger partial charge in [0.2, 0.25) is 5.95 Å². The number of imidazole rings is 1. The molecule has 1 heterocycles. The molecule has 0 atom stereocenters. The summed E-state index contributed by atoms with van der Waals surface area (Å²) in [7, 11) is 0. The Kier molecular flexibility index (Phi) is 5.16. The predicted octanol–water partition coefficient (Wildman–Crippen LogP) is 5.34. The number of aromatic nitrogens is 2. The molecule has 0 saturated heterocycles. The van der Waals surface area contributed by atoms with Crippen molar-refractivity contribution in [3.8, 4) is 5.75 Å². The van der Waals surface area contributed by atoms with Crippen LogP contribution in [0.2, 0.25) is 5.02 Å². The summed E-state index contributed by atoms with van der Waals surface area (Å²) in [5, 5.41) is 10.5. The molecule has 3 rings (SSSR count). The summed E-state index contributed by atoms with van der Waals surface area (Å²) in [6.07, 6.45) is 5.03. The van der Waals surface area contributed by atoms with Crippen LogP contribution in [0.5, 0.6) is 5.75 Å². The average molecular weight is 342 g/mol. The van der Waals surface area contributed by atoms with E-state index in [4.69, 9.17) is 11.6 Å². The summed E-state index contributed by atoms with van der Waals surface area (Å²) in [6, 6.07) is 12.9. The van der Waals surface area contributed by atoms with E-state index in [9.17, 15) is 5.11 Å². The zero-order valence-corrected chi connectivity index (χ0v) is 14.4. The first-order valence-electron chi connectivity index (χ1n) is 8.17. The summed E-state index contributed by atoms with van der Waals surface area (Å²) in [5.41, 5.74) is 2.59. The molecule has 3 aromatic rings. The van der Waals surface area contributed by atoms with Crippen molar-refractivity contribution in [3.05, 3.63) is 53.1 Å². The van der Waals surface area contributed by atoms with Gasteiger partial charge < -0.3 is 9.67 Å². The first-order chi connectivity index (χ1) is 11.7. The maximum Gasteiger partial charge on any atom is 0.230 e. The van der Waals surface area contributed by atoms with E-state index in [-0.39, 0.29) is 5.75 Å². The lowest BCUT2D eigenvalue weighted by Crippen LogP contribution is -1.97. The minimum absolute atomic E-state index is 0.150. The van der Waals surface area contributed by atoms with Gasteiger partial charge in [0.15, 0.2) is 0 Å². The molecule has 24 heavy (non-hydrogen) atoms. The third-order valence-electron chi connectivity index (χ3n) is 3.93. The normalized spacial score (nSPS) is 11.6. The molecule has 0 unspecified atom stereocenters. The SMILES string of the molecule is CCCCCn1c(/N=C/c2cc(Cl)ccc2O)nc2ccccc21. The number of aryl methyl sites for hydroxylation is 1. The third-order valence-corrected chi connectivity index (χ3v) is 4.16. The van der Waals surface area contributed by atoms with Gasteiger partial charge in [-0.3, -0.25) is 0 Å². The Balaban J connectivity index is 1.97. The van der Waals surface area contributed by atoms with Crippen molar-refractivity contribution in [1.82, 2.24) is 9.55 Å². The number of benzene rings is 2. The fourth-order valence-corrected chi connectivity index (χ4v) is 2.84. The van der Waals surface area contributed by atoms with E-state index >= 15 is 0 Å². The average Bonchev–Trinajstić information content (AvgIpc) is 2.94. The molecule has 0 aliphatic carbocycles. The molecular formula is C19H20ClN3O. The Morgan fingerprint density at radius 2 is 2.04 bits per heavy atom. The number of fused-ring (bicyclic) bond motifs is 1. The largest absolute Gasteiger partial charge is 0.507 e. The lowest BCUT2D eigenvalue weighted by Gasteiger charge is -2.06. The second-order valence-electron chi connectivity index (χ2n) is 5.72. The van der Waals surface area contributed by atoms with Gasteiger partial charge in [-0.05, 0) is 36.8 Å². The highest BCUT2D eigenvalue weighted by molar-refractivity contribution is 6.30. The molecule has 124 valence electrons. The van der Waals surface area contributed by atoms with Crippen LogP contribution in [-0.2, 0) is 6.54 Å². The quantitative estimate of drug-likeness (QED) is 0.486. The van der Waals surface area contributed by atoms with E-state index in [0.29, 0.717) is 16.5 Å². The van der Waals surface area contributed by atoms with Crippen LogP contribution in [0.3, 0.4) is 0 Å². The number of phenolic OH excluding ortho intramolecular Hbond substituents is 1. The van der Waals surface area contributed by atoms with Crippen LogP contribution in [-0.4, -0.2) is 20.9 Å². The van der Waals surface area contributed by atoms with E-state index < -0.39 is 0 Å². The molecule has 1 aromatic heterocycles. The van der Waals surface area contributed by atoms with E-state index in [1.54, 1.807) is 24.4 Å². The van der Waals surface area contributed by atoms with Gasteiger partial charge >= 0.3 is 0 Å². The smallest absolute Gasteiger partial charge is 0.230 e. The second-order valence-corrected chi connectivity index (χ2v) is 6.16. The number of nitrogens with zero attached hydrogens (tertiary/aromatic N) is 3. The van der Waals surface area contributed by atoms with E-state index in [1.165, 1.54) is 12.8 Å². The second kappa shape index (κ2) is 7.49. The third kappa shape index (κ3) is 3.60. The molecule has 0 radical (unpaired) electrons. The number of aliphatic imine (C=N–C) groups is 1. The van der Waals surface area contributed by atoms with Crippen LogP contribution in [0, 0.1) is 0 Å². The monoisotopic (exact) mass is 341 g/mol. The van der Waals surface area contributed by atoms with Gasteiger partial charge in [-0.1, -0.05) is 43.5 Å². The lowest BCUT2D eigenvalue weighted by atomic mass is 10.2. The van der Waals surface area contributed by atoms with Crippen LogP contribution >= 0.6 is 11.6 Å². The van der Waals surface area contributed by atoms with Crippen molar-refractivity contribution < 1.29 is 5.11 Å². The molecule has 5 heteroatoms. The number of para-hydroxylation sites is 2. The molecule has 2 aromatic carbocycles. The van der Waals surface area contributed by atoms with Crippen molar-refractivity contribution in [1.29, 1.82) is 0 Å². The van der Waals surface area contributed by atoms with Crippen molar-refractivity contribution in [2.75, 3.05) is 0 Å². The molecule has 1 N–H and O–H groups in total. The summed E-state index contributed by atoms with van der Waals surface area (Å²) in [5.74, 6) is 0.795. The van der Waals surface area contributed by atoms with Crippen molar-refractivity contribution in [2.45, 2.75) is 32.7 Å². The Labute approximate surface area is 146 Å².